The van der Waals surface area contributed by atoms with Crippen molar-refractivity contribution in [3.8, 4) is 0 Å². The highest BCUT2D eigenvalue weighted by Crippen LogP contribution is 2.35. The standard InChI is InChI=1S/C19H21N5O2/c1-13-14(2)20-11-21-17(13)23-9-7-19(8-10-23,18(25)26)24-12-22-15-5-3-4-6-16(15)24/h3-6,11-12H,7-10H2,1-2H3,(H,25,26). The fraction of sp³-hybridized carbons (Fsp3) is 0.368. The maximum absolute atomic E-state index is 12.3. The van der Waals surface area contributed by atoms with Crippen LogP contribution in [0.15, 0.2) is 36.9 Å². The smallest absolute Gasteiger partial charge is 0.330 e. The Hall–Kier alpha value is -2.96. The van der Waals surface area contributed by atoms with Gasteiger partial charge in [0.05, 0.1) is 17.4 Å². The summed E-state index contributed by atoms with van der Waals surface area (Å²) in [6.45, 7) is 5.21. The van der Waals surface area contributed by atoms with E-state index in [2.05, 4.69) is 19.9 Å². The fourth-order valence-electron chi connectivity index (χ4n) is 3.79. The zero-order valence-electron chi connectivity index (χ0n) is 14.9. The van der Waals surface area contributed by atoms with E-state index in [1.807, 2.05) is 42.7 Å². The van der Waals surface area contributed by atoms with E-state index in [9.17, 15) is 9.90 Å². The number of benzene rings is 1. The van der Waals surface area contributed by atoms with Crippen molar-refractivity contribution in [1.82, 2.24) is 19.5 Å². The first-order valence-electron chi connectivity index (χ1n) is 8.72. The number of rotatable bonds is 3. The highest BCUT2D eigenvalue weighted by molar-refractivity contribution is 5.82. The average molecular weight is 351 g/mol. The molecule has 134 valence electrons. The van der Waals surface area contributed by atoms with Gasteiger partial charge in [-0.3, -0.25) is 0 Å². The summed E-state index contributed by atoms with van der Waals surface area (Å²) in [5.74, 6) is 0.0860. The lowest BCUT2D eigenvalue weighted by Gasteiger charge is -2.40. The van der Waals surface area contributed by atoms with Crippen molar-refractivity contribution in [3.63, 3.8) is 0 Å². The molecule has 7 heteroatoms. The van der Waals surface area contributed by atoms with Crippen LogP contribution in [0.4, 0.5) is 5.82 Å². The minimum atomic E-state index is -0.984. The van der Waals surface area contributed by atoms with Crippen molar-refractivity contribution in [1.29, 1.82) is 0 Å². The Kier molecular flexibility index (Phi) is 3.86. The van der Waals surface area contributed by atoms with Crippen molar-refractivity contribution in [2.45, 2.75) is 32.2 Å². The van der Waals surface area contributed by atoms with Gasteiger partial charge >= 0.3 is 5.97 Å². The van der Waals surface area contributed by atoms with Crippen LogP contribution in [0.2, 0.25) is 0 Å². The molecule has 26 heavy (non-hydrogen) atoms. The first-order valence-corrected chi connectivity index (χ1v) is 8.72. The molecule has 7 nitrogen and oxygen atoms in total. The Morgan fingerprint density at radius 2 is 1.85 bits per heavy atom. The molecule has 1 aromatic carbocycles. The van der Waals surface area contributed by atoms with Crippen molar-refractivity contribution >= 4 is 22.8 Å². The molecule has 1 aliphatic rings. The zero-order chi connectivity index (χ0) is 18.3. The molecule has 0 amide bonds. The van der Waals surface area contributed by atoms with Gasteiger partial charge in [-0.25, -0.2) is 19.7 Å². The number of para-hydroxylation sites is 2. The minimum absolute atomic E-state index is 0.491. The van der Waals surface area contributed by atoms with Gasteiger partial charge in [0.2, 0.25) is 0 Å². The predicted molar refractivity (Wildman–Crippen MR) is 98.3 cm³/mol. The SMILES string of the molecule is Cc1ncnc(N2CCC(C(=O)O)(n3cnc4ccccc43)CC2)c1C. The quantitative estimate of drug-likeness (QED) is 0.781. The Bertz CT molecular complexity index is 973. The highest BCUT2D eigenvalue weighted by Gasteiger charge is 2.44. The second kappa shape index (κ2) is 6.09. The number of aromatic nitrogens is 4. The number of anilines is 1. The van der Waals surface area contributed by atoms with E-state index in [4.69, 9.17) is 0 Å². The normalized spacial score (nSPS) is 16.8. The van der Waals surface area contributed by atoms with Crippen molar-refractivity contribution in [2.75, 3.05) is 18.0 Å². The molecule has 1 aliphatic heterocycles. The molecule has 2 aromatic heterocycles. The molecule has 0 spiro atoms. The monoisotopic (exact) mass is 351 g/mol. The predicted octanol–water partition coefficient (Wildman–Crippen LogP) is 2.52. The zero-order valence-corrected chi connectivity index (χ0v) is 14.9. The number of hydrogen-bond acceptors (Lipinski definition) is 5. The Balaban J connectivity index is 1.68. The molecule has 1 saturated heterocycles. The molecular weight excluding hydrogens is 330 g/mol. The van der Waals surface area contributed by atoms with E-state index in [-0.39, 0.29) is 0 Å². The van der Waals surface area contributed by atoms with Gasteiger partial charge in [-0.1, -0.05) is 12.1 Å². The van der Waals surface area contributed by atoms with Crippen molar-refractivity contribution in [3.05, 3.63) is 48.2 Å². The lowest BCUT2D eigenvalue weighted by Crippen LogP contribution is -2.51. The molecule has 3 aromatic rings. The van der Waals surface area contributed by atoms with Gasteiger partial charge in [-0.15, -0.1) is 0 Å². The molecule has 4 rings (SSSR count). The first-order chi connectivity index (χ1) is 12.5. The summed E-state index contributed by atoms with van der Waals surface area (Å²) in [4.78, 5) is 27.5. The van der Waals surface area contributed by atoms with Gasteiger partial charge in [-0.2, -0.15) is 0 Å². The van der Waals surface area contributed by atoms with E-state index in [1.165, 1.54) is 0 Å². The van der Waals surface area contributed by atoms with E-state index in [1.54, 1.807) is 12.7 Å². The van der Waals surface area contributed by atoms with Gasteiger partial charge in [0, 0.05) is 24.3 Å². The third-order valence-electron chi connectivity index (χ3n) is 5.51. The third kappa shape index (κ3) is 2.42. The van der Waals surface area contributed by atoms with Crippen LogP contribution in [0.5, 0.6) is 0 Å². The Morgan fingerprint density at radius 1 is 1.12 bits per heavy atom. The maximum atomic E-state index is 12.3. The molecule has 1 N–H and O–H groups in total. The summed E-state index contributed by atoms with van der Waals surface area (Å²) >= 11 is 0. The summed E-state index contributed by atoms with van der Waals surface area (Å²) < 4.78 is 1.83. The number of carboxylic acid groups (broad SMARTS) is 1. The number of hydrogen-bond donors (Lipinski definition) is 1. The van der Waals surface area contributed by atoms with Gasteiger partial charge in [-0.05, 0) is 38.8 Å². The van der Waals surface area contributed by atoms with Crippen LogP contribution < -0.4 is 4.90 Å². The molecule has 1 fully saturated rings. The average Bonchev–Trinajstić information content (AvgIpc) is 3.08. The number of carboxylic acids is 1. The maximum Gasteiger partial charge on any atom is 0.330 e. The molecule has 0 aliphatic carbocycles. The number of nitrogens with zero attached hydrogens (tertiary/aromatic N) is 5. The van der Waals surface area contributed by atoms with Gasteiger partial charge in [0.1, 0.15) is 17.7 Å². The number of carbonyl (C=O) groups is 1. The van der Waals surface area contributed by atoms with E-state index < -0.39 is 11.5 Å². The van der Waals surface area contributed by atoms with Crippen molar-refractivity contribution < 1.29 is 9.90 Å². The van der Waals surface area contributed by atoms with Crippen LogP contribution >= 0.6 is 0 Å². The van der Waals surface area contributed by atoms with Gasteiger partial charge < -0.3 is 14.6 Å². The van der Waals surface area contributed by atoms with Crippen LogP contribution in [-0.2, 0) is 10.3 Å². The molecule has 3 heterocycles. The Labute approximate surface area is 151 Å². The topological polar surface area (TPSA) is 84.1 Å². The molecule has 0 atom stereocenters. The van der Waals surface area contributed by atoms with Crippen molar-refractivity contribution in [2.24, 2.45) is 0 Å². The lowest BCUT2D eigenvalue weighted by molar-refractivity contribution is -0.148. The summed E-state index contributed by atoms with van der Waals surface area (Å²) in [5.41, 5.74) is 2.69. The van der Waals surface area contributed by atoms with E-state index in [0.29, 0.717) is 25.9 Å². The largest absolute Gasteiger partial charge is 0.479 e. The second-order valence-corrected chi connectivity index (χ2v) is 6.83. The Morgan fingerprint density at radius 3 is 2.58 bits per heavy atom. The lowest BCUT2D eigenvalue weighted by atomic mass is 9.86. The third-order valence-corrected chi connectivity index (χ3v) is 5.51. The van der Waals surface area contributed by atoms with Gasteiger partial charge in [0.15, 0.2) is 0 Å². The van der Waals surface area contributed by atoms with Crippen LogP contribution in [0, 0.1) is 13.8 Å². The number of aliphatic carboxylic acids is 1. The van der Waals surface area contributed by atoms with E-state index >= 15 is 0 Å². The number of imidazole rings is 1. The molecule has 0 radical (unpaired) electrons. The summed E-state index contributed by atoms with van der Waals surface area (Å²) in [5, 5.41) is 10.1. The first kappa shape index (κ1) is 16.5. The highest BCUT2D eigenvalue weighted by atomic mass is 16.4. The number of aryl methyl sites for hydroxylation is 1. The number of fused-ring (bicyclic) bond motifs is 1. The van der Waals surface area contributed by atoms with Crippen LogP contribution in [-0.4, -0.2) is 43.7 Å². The van der Waals surface area contributed by atoms with E-state index in [0.717, 1.165) is 28.1 Å². The number of piperidine rings is 1. The summed E-state index contributed by atoms with van der Waals surface area (Å²) in [6, 6.07) is 7.66. The molecule has 0 unspecified atom stereocenters. The van der Waals surface area contributed by atoms with Gasteiger partial charge in [0.25, 0.3) is 0 Å². The second-order valence-electron chi connectivity index (χ2n) is 6.83. The summed E-state index contributed by atoms with van der Waals surface area (Å²) in [7, 11) is 0. The molecular formula is C19H21N5O2. The summed E-state index contributed by atoms with van der Waals surface area (Å²) in [6.07, 6.45) is 4.21. The van der Waals surface area contributed by atoms with Crippen LogP contribution in [0.25, 0.3) is 11.0 Å². The molecule has 0 saturated carbocycles. The van der Waals surface area contributed by atoms with Crippen LogP contribution in [0.1, 0.15) is 24.1 Å². The molecule has 0 bridgehead atoms. The van der Waals surface area contributed by atoms with Crippen LogP contribution in [0.3, 0.4) is 0 Å². The fourth-order valence-corrected chi connectivity index (χ4v) is 3.79. The minimum Gasteiger partial charge on any atom is -0.479 e.